The SMILES string of the molecule is Cc1cc(OCCC2CC2C2CCNCC2)ccc1CC(=O)N(C)C. The number of amides is 1. The molecular formula is C21H32N2O2. The quantitative estimate of drug-likeness (QED) is 0.827. The van der Waals surface area contributed by atoms with E-state index in [0.29, 0.717) is 6.42 Å². The Kier molecular flexibility index (Phi) is 6.00. The minimum Gasteiger partial charge on any atom is -0.494 e. The van der Waals surface area contributed by atoms with E-state index in [9.17, 15) is 4.79 Å². The van der Waals surface area contributed by atoms with Gasteiger partial charge in [0, 0.05) is 14.1 Å². The Morgan fingerprint density at radius 1 is 1.28 bits per heavy atom. The second-order valence-corrected chi connectivity index (χ2v) is 7.94. The Hall–Kier alpha value is -1.55. The average molecular weight is 344 g/mol. The van der Waals surface area contributed by atoms with Crippen LogP contribution in [0.4, 0.5) is 0 Å². The van der Waals surface area contributed by atoms with Gasteiger partial charge in [0.15, 0.2) is 0 Å². The lowest BCUT2D eigenvalue weighted by Crippen LogP contribution is -2.29. The topological polar surface area (TPSA) is 41.6 Å². The Morgan fingerprint density at radius 3 is 2.72 bits per heavy atom. The highest BCUT2D eigenvalue weighted by Gasteiger charge is 2.42. The van der Waals surface area contributed by atoms with E-state index in [2.05, 4.69) is 18.3 Å². The van der Waals surface area contributed by atoms with Crippen LogP contribution in [0.1, 0.15) is 36.8 Å². The Morgan fingerprint density at radius 2 is 2.04 bits per heavy atom. The van der Waals surface area contributed by atoms with Crippen LogP contribution in [0.2, 0.25) is 0 Å². The first-order valence-corrected chi connectivity index (χ1v) is 9.68. The minimum absolute atomic E-state index is 0.134. The molecule has 0 radical (unpaired) electrons. The molecule has 1 aromatic rings. The van der Waals surface area contributed by atoms with Crippen molar-refractivity contribution in [1.29, 1.82) is 0 Å². The highest BCUT2D eigenvalue weighted by molar-refractivity contribution is 5.78. The molecule has 3 rings (SSSR count). The van der Waals surface area contributed by atoms with Crippen LogP contribution < -0.4 is 10.1 Å². The number of hydrogen-bond acceptors (Lipinski definition) is 3. The number of aryl methyl sites for hydroxylation is 1. The zero-order valence-electron chi connectivity index (χ0n) is 15.9. The third-order valence-electron chi connectivity index (χ3n) is 5.88. The number of piperidine rings is 1. The molecule has 1 heterocycles. The summed E-state index contributed by atoms with van der Waals surface area (Å²) in [5.41, 5.74) is 2.21. The molecule has 1 saturated carbocycles. The number of likely N-dealkylation sites (N-methyl/N-ethyl adjacent to an activating group) is 1. The standard InChI is InChI=1S/C21H32N2O2/c1-15-12-19(5-4-17(15)14-21(24)23(2)3)25-11-8-18-13-20(18)16-6-9-22-10-7-16/h4-5,12,16,18,20,22H,6-11,13-14H2,1-3H3. The smallest absolute Gasteiger partial charge is 0.226 e. The summed E-state index contributed by atoms with van der Waals surface area (Å²) < 4.78 is 5.97. The summed E-state index contributed by atoms with van der Waals surface area (Å²) >= 11 is 0. The Bertz CT molecular complexity index is 594. The van der Waals surface area contributed by atoms with E-state index in [1.807, 2.05) is 12.1 Å². The largest absolute Gasteiger partial charge is 0.494 e. The zero-order chi connectivity index (χ0) is 17.8. The van der Waals surface area contributed by atoms with Crippen LogP contribution in [0.25, 0.3) is 0 Å². The number of ether oxygens (including phenoxy) is 1. The zero-order valence-corrected chi connectivity index (χ0v) is 15.9. The highest BCUT2D eigenvalue weighted by atomic mass is 16.5. The predicted octanol–water partition coefficient (Wildman–Crippen LogP) is 3.03. The molecule has 2 fully saturated rings. The lowest BCUT2D eigenvalue weighted by Gasteiger charge is -2.22. The van der Waals surface area contributed by atoms with Crippen molar-refractivity contribution < 1.29 is 9.53 Å². The van der Waals surface area contributed by atoms with Crippen molar-refractivity contribution in [3.8, 4) is 5.75 Å². The molecule has 138 valence electrons. The van der Waals surface area contributed by atoms with E-state index in [1.165, 1.54) is 38.8 Å². The maximum atomic E-state index is 11.9. The fraction of sp³-hybridized carbons (Fsp3) is 0.667. The van der Waals surface area contributed by atoms with Gasteiger partial charge in [0.1, 0.15) is 5.75 Å². The van der Waals surface area contributed by atoms with E-state index in [0.717, 1.165) is 41.2 Å². The van der Waals surface area contributed by atoms with Crippen LogP contribution in [-0.4, -0.2) is 44.6 Å². The summed E-state index contributed by atoms with van der Waals surface area (Å²) in [6.45, 7) is 5.26. The van der Waals surface area contributed by atoms with Crippen LogP contribution in [0.3, 0.4) is 0 Å². The molecule has 2 aliphatic rings. The van der Waals surface area contributed by atoms with Crippen molar-refractivity contribution in [3.05, 3.63) is 29.3 Å². The first-order chi connectivity index (χ1) is 12.0. The minimum atomic E-state index is 0.134. The Labute approximate surface area is 151 Å². The lowest BCUT2D eigenvalue weighted by atomic mass is 9.91. The van der Waals surface area contributed by atoms with E-state index >= 15 is 0 Å². The Balaban J connectivity index is 1.41. The van der Waals surface area contributed by atoms with Gasteiger partial charge in [-0.05, 0) is 86.7 Å². The molecular weight excluding hydrogens is 312 g/mol. The number of nitrogens with one attached hydrogen (secondary N) is 1. The van der Waals surface area contributed by atoms with Gasteiger partial charge >= 0.3 is 0 Å². The number of hydrogen-bond donors (Lipinski definition) is 1. The van der Waals surface area contributed by atoms with Crippen LogP contribution in [0.15, 0.2) is 18.2 Å². The lowest BCUT2D eigenvalue weighted by molar-refractivity contribution is -0.127. The van der Waals surface area contributed by atoms with Gasteiger partial charge in [0.25, 0.3) is 0 Å². The maximum absolute atomic E-state index is 11.9. The van der Waals surface area contributed by atoms with Crippen LogP contribution in [0, 0.1) is 24.7 Å². The molecule has 2 unspecified atom stereocenters. The molecule has 2 atom stereocenters. The van der Waals surface area contributed by atoms with Crippen LogP contribution in [0.5, 0.6) is 5.75 Å². The van der Waals surface area contributed by atoms with Gasteiger partial charge in [-0.3, -0.25) is 4.79 Å². The second-order valence-electron chi connectivity index (χ2n) is 7.94. The molecule has 1 N–H and O–H groups in total. The number of rotatable bonds is 7. The number of carbonyl (C=O) groups excluding carboxylic acids is 1. The number of carbonyl (C=O) groups is 1. The van der Waals surface area contributed by atoms with Gasteiger partial charge in [0.2, 0.25) is 5.91 Å². The second kappa shape index (κ2) is 8.22. The first kappa shape index (κ1) is 18.2. The normalized spacial score (nSPS) is 23.3. The molecule has 25 heavy (non-hydrogen) atoms. The first-order valence-electron chi connectivity index (χ1n) is 9.68. The average Bonchev–Trinajstić information content (AvgIpc) is 3.37. The number of benzene rings is 1. The monoisotopic (exact) mass is 344 g/mol. The van der Waals surface area contributed by atoms with Gasteiger partial charge in [-0.15, -0.1) is 0 Å². The molecule has 0 bridgehead atoms. The fourth-order valence-electron chi connectivity index (χ4n) is 4.06. The third-order valence-corrected chi connectivity index (χ3v) is 5.88. The van der Waals surface area contributed by atoms with Crippen LogP contribution >= 0.6 is 0 Å². The van der Waals surface area contributed by atoms with Crippen molar-refractivity contribution in [2.45, 2.75) is 39.0 Å². The van der Waals surface area contributed by atoms with Gasteiger partial charge in [-0.2, -0.15) is 0 Å². The molecule has 1 aliphatic heterocycles. The van der Waals surface area contributed by atoms with Gasteiger partial charge in [-0.25, -0.2) is 0 Å². The van der Waals surface area contributed by atoms with E-state index in [-0.39, 0.29) is 5.91 Å². The van der Waals surface area contributed by atoms with Crippen molar-refractivity contribution in [2.75, 3.05) is 33.8 Å². The van der Waals surface area contributed by atoms with Gasteiger partial charge < -0.3 is 15.0 Å². The summed E-state index contributed by atoms with van der Waals surface area (Å²) in [6, 6.07) is 6.10. The molecule has 0 spiro atoms. The van der Waals surface area contributed by atoms with E-state index < -0.39 is 0 Å². The fourth-order valence-corrected chi connectivity index (χ4v) is 4.06. The summed E-state index contributed by atoms with van der Waals surface area (Å²) in [4.78, 5) is 13.5. The molecule has 1 aromatic carbocycles. The molecule has 1 aliphatic carbocycles. The van der Waals surface area contributed by atoms with Crippen molar-refractivity contribution in [1.82, 2.24) is 10.2 Å². The van der Waals surface area contributed by atoms with Crippen molar-refractivity contribution in [2.24, 2.45) is 17.8 Å². The highest BCUT2D eigenvalue weighted by Crippen LogP contribution is 2.49. The summed E-state index contributed by atoms with van der Waals surface area (Å²) in [5, 5.41) is 3.46. The van der Waals surface area contributed by atoms with Crippen molar-refractivity contribution in [3.63, 3.8) is 0 Å². The third kappa shape index (κ3) is 4.97. The van der Waals surface area contributed by atoms with Crippen molar-refractivity contribution >= 4 is 5.91 Å². The molecule has 0 aromatic heterocycles. The summed E-state index contributed by atoms with van der Waals surface area (Å²) in [6.07, 6.45) is 5.75. The molecule has 4 heteroatoms. The molecule has 1 amide bonds. The molecule has 1 saturated heterocycles. The van der Waals surface area contributed by atoms with E-state index in [1.54, 1.807) is 19.0 Å². The van der Waals surface area contributed by atoms with Crippen LogP contribution in [-0.2, 0) is 11.2 Å². The predicted molar refractivity (Wildman–Crippen MR) is 101 cm³/mol. The maximum Gasteiger partial charge on any atom is 0.226 e. The number of nitrogens with zero attached hydrogens (tertiary/aromatic N) is 1. The summed E-state index contributed by atoms with van der Waals surface area (Å²) in [5.74, 6) is 3.84. The van der Waals surface area contributed by atoms with E-state index in [4.69, 9.17) is 4.74 Å². The summed E-state index contributed by atoms with van der Waals surface area (Å²) in [7, 11) is 3.59. The van der Waals surface area contributed by atoms with Gasteiger partial charge in [0.05, 0.1) is 13.0 Å². The van der Waals surface area contributed by atoms with Gasteiger partial charge in [-0.1, -0.05) is 6.07 Å². The molecule has 4 nitrogen and oxygen atoms in total.